The number of anilines is 1. The van der Waals surface area contributed by atoms with E-state index in [1.807, 2.05) is 60.7 Å². The van der Waals surface area contributed by atoms with Crippen molar-refractivity contribution in [2.45, 2.75) is 49.4 Å². The van der Waals surface area contributed by atoms with E-state index in [0.29, 0.717) is 57.5 Å². The van der Waals surface area contributed by atoms with Gasteiger partial charge < -0.3 is 49.2 Å². The number of Topliss-reactive ketones (excluding diaryl/α,β-unsaturated/α-hetero) is 3. The van der Waals surface area contributed by atoms with Crippen LogP contribution >= 0.6 is 23.1 Å². The molecule has 3 aliphatic rings. The lowest BCUT2D eigenvalue weighted by Gasteiger charge is -2.42. The summed E-state index contributed by atoms with van der Waals surface area (Å²) in [6.07, 6.45) is 1.38. The molecule has 4 N–H and O–H groups in total. The zero-order valence-corrected chi connectivity index (χ0v) is 43.3. The molecule has 388 valence electrons. The van der Waals surface area contributed by atoms with E-state index in [2.05, 4.69) is 9.80 Å². The summed E-state index contributed by atoms with van der Waals surface area (Å²) in [5, 5.41) is 43.5. The number of hydrogen-bond acceptors (Lipinski definition) is 16. The summed E-state index contributed by atoms with van der Waals surface area (Å²) in [7, 11) is 2.92. The van der Waals surface area contributed by atoms with Gasteiger partial charge in [0.1, 0.15) is 18.2 Å². The Morgan fingerprint density at radius 3 is 1.62 bits per heavy atom. The van der Waals surface area contributed by atoms with Gasteiger partial charge in [-0.3, -0.25) is 19.2 Å². The summed E-state index contributed by atoms with van der Waals surface area (Å²) < 4.78 is 23.0. The number of phenols is 4. The van der Waals surface area contributed by atoms with E-state index in [-0.39, 0.29) is 107 Å². The van der Waals surface area contributed by atoms with Gasteiger partial charge in [0.25, 0.3) is 0 Å². The molecule has 4 heterocycles. The molecule has 0 aliphatic carbocycles. The highest BCUT2D eigenvalue weighted by atomic mass is 32.2. The van der Waals surface area contributed by atoms with Crippen LogP contribution in [0.25, 0.3) is 10.4 Å². The molecule has 0 fully saturated rings. The van der Waals surface area contributed by atoms with Crippen molar-refractivity contribution in [3.05, 3.63) is 194 Å². The molecule has 14 nitrogen and oxygen atoms in total. The van der Waals surface area contributed by atoms with Crippen LogP contribution in [0.5, 0.6) is 46.0 Å². The smallest absolute Gasteiger partial charge is 0.193 e. The van der Waals surface area contributed by atoms with E-state index in [1.54, 1.807) is 54.6 Å². The van der Waals surface area contributed by atoms with E-state index in [1.165, 1.54) is 61.6 Å². The van der Waals surface area contributed by atoms with E-state index in [0.717, 1.165) is 16.7 Å². The van der Waals surface area contributed by atoms with Crippen molar-refractivity contribution < 1.29 is 53.8 Å². The maximum atomic E-state index is 14.0. The first-order valence-electron chi connectivity index (χ1n) is 24.8. The second-order valence-corrected chi connectivity index (χ2v) is 20.9. The number of ether oxygens (including phenoxy) is 4. The predicted octanol–water partition coefficient (Wildman–Crippen LogP) is 10.7. The van der Waals surface area contributed by atoms with E-state index in [9.17, 15) is 39.6 Å². The van der Waals surface area contributed by atoms with Gasteiger partial charge in [0.2, 0.25) is 0 Å². The number of phenolic OH excluding ortho intramolecular Hbond substituents is 4. The Labute approximate surface area is 447 Å². The zero-order valence-electron chi connectivity index (χ0n) is 41.6. The van der Waals surface area contributed by atoms with Crippen LogP contribution in [-0.2, 0) is 22.4 Å². The second kappa shape index (κ2) is 22.3. The number of carbonyl (C=O) groups is 3. The van der Waals surface area contributed by atoms with Crippen molar-refractivity contribution in [3.63, 3.8) is 0 Å². The average molecular weight is 1060 g/mol. The summed E-state index contributed by atoms with van der Waals surface area (Å²) in [6.45, 7) is 0.846. The number of carbonyl (C=O) groups excluding carboxylic acids is 3. The third-order valence-electron chi connectivity index (χ3n) is 14.0. The highest BCUT2D eigenvalue weighted by molar-refractivity contribution is 8.03. The highest BCUT2D eigenvalue weighted by Crippen LogP contribution is 2.52. The molecular formula is C60H54N2O12S2. The van der Waals surface area contributed by atoms with Gasteiger partial charge in [-0.25, -0.2) is 0 Å². The summed E-state index contributed by atoms with van der Waals surface area (Å²) in [5.41, 5.74) is 4.84. The molecule has 0 amide bonds. The standard InChI is InChI=1S/C60H54N2O12S2/c1-71-51-27-37(13-17-43(51)63)41-31-47(67)57-50(70)34-56(76-59(57)61(41)23-21-35-9-5-3-6-10-35)40-16-20-46(66)54(30-40)74-26-25-73-53-28-38(14-18-45(53)65)42-32-48(68)58-49(69)33-55(39-15-19-44(64)52(29-39)72-2)75-60(58)62(42)24-22-36-11-7-4-8-12-36/h3-20,27-30,33,41-42,56,63-66H,21-26,31-32,34H2,1-2H3. The average Bonchev–Trinajstić information content (AvgIpc) is 3.44. The Bertz CT molecular complexity index is 3440. The fourth-order valence-electron chi connectivity index (χ4n) is 10.1. The summed E-state index contributed by atoms with van der Waals surface area (Å²) in [6, 6.07) is 40.1. The summed E-state index contributed by atoms with van der Waals surface area (Å²) in [5.74, 6) is -0.342. The molecule has 3 unspecified atom stereocenters. The number of aromatic hydroxyl groups is 4. The molecule has 76 heavy (non-hydrogen) atoms. The fourth-order valence-corrected chi connectivity index (χ4v) is 12.8. The Hall–Kier alpha value is -8.21. The summed E-state index contributed by atoms with van der Waals surface area (Å²) in [4.78, 5) is 60.5. The van der Waals surface area contributed by atoms with Crippen LogP contribution in [0.1, 0.15) is 74.8 Å². The van der Waals surface area contributed by atoms with Crippen LogP contribution in [0.3, 0.4) is 0 Å². The number of allylic oxidation sites excluding steroid dienone is 1. The van der Waals surface area contributed by atoms with Gasteiger partial charge in [0.15, 0.2) is 68.8 Å². The first kappa shape index (κ1) is 51.3. The normalized spacial score (nSPS) is 17.3. The van der Waals surface area contributed by atoms with Crippen molar-refractivity contribution in [1.29, 1.82) is 0 Å². The van der Waals surface area contributed by atoms with Crippen LogP contribution in [0, 0.1) is 0 Å². The molecular weight excluding hydrogens is 1000 g/mol. The van der Waals surface area contributed by atoms with Crippen LogP contribution < -0.4 is 29.3 Å². The maximum absolute atomic E-state index is 14.0. The number of ketones is 3. The first-order valence-corrected chi connectivity index (χ1v) is 26.5. The van der Waals surface area contributed by atoms with Crippen molar-refractivity contribution in [1.82, 2.24) is 4.90 Å². The molecule has 0 saturated heterocycles. The lowest BCUT2D eigenvalue weighted by atomic mass is 9.89. The number of methoxy groups -OCH3 is 2. The minimum atomic E-state index is -0.538. The molecule has 3 aliphatic heterocycles. The Morgan fingerprint density at radius 2 is 1.01 bits per heavy atom. The van der Waals surface area contributed by atoms with E-state index in [4.69, 9.17) is 18.9 Å². The number of fused-ring (bicyclic) bond motifs is 1. The van der Waals surface area contributed by atoms with Gasteiger partial charge in [-0.15, -0.1) is 11.3 Å². The van der Waals surface area contributed by atoms with Gasteiger partial charge in [-0.2, -0.15) is 0 Å². The van der Waals surface area contributed by atoms with Crippen molar-refractivity contribution in [2.75, 3.05) is 45.4 Å². The van der Waals surface area contributed by atoms with Gasteiger partial charge in [0, 0.05) is 48.5 Å². The summed E-state index contributed by atoms with van der Waals surface area (Å²) >= 11 is 2.73. The van der Waals surface area contributed by atoms with Crippen LogP contribution in [0.4, 0.5) is 5.00 Å². The minimum Gasteiger partial charge on any atom is -0.504 e. The molecule has 1 aromatic heterocycles. The Balaban J connectivity index is 0.868. The molecule has 0 spiro atoms. The molecule has 0 bridgehead atoms. The molecule has 7 aromatic rings. The van der Waals surface area contributed by atoms with Gasteiger partial charge in [-0.05, 0) is 101 Å². The van der Waals surface area contributed by atoms with E-state index < -0.39 is 22.8 Å². The monoisotopic (exact) mass is 1060 g/mol. The lowest BCUT2D eigenvalue weighted by Crippen LogP contribution is -2.40. The predicted molar refractivity (Wildman–Crippen MR) is 291 cm³/mol. The number of rotatable bonds is 17. The van der Waals surface area contributed by atoms with Crippen LogP contribution in [0.15, 0.2) is 155 Å². The lowest BCUT2D eigenvalue weighted by molar-refractivity contribution is -0.123. The third-order valence-corrected chi connectivity index (χ3v) is 16.6. The van der Waals surface area contributed by atoms with Gasteiger partial charge in [0.05, 0.1) is 42.5 Å². The van der Waals surface area contributed by atoms with E-state index >= 15 is 0 Å². The SMILES string of the molecule is COc1cc(-c2cc(=O)c3c(s2)N(CCc2ccccc2)C(c2ccc(O)c(OCCOc4cc(C5CC(=O)C6=C(S5)N(CCc5ccccc5)C(c5ccc(O)c(OC)c5)CC6=O)ccc4O)c2)CC3=O)ccc1O. The Kier molecular flexibility index (Phi) is 15.1. The maximum Gasteiger partial charge on any atom is 0.193 e. The zero-order chi connectivity index (χ0) is 53.0. The molecule has 6 aromatic carbocycles. The largest absolute Gasteiger partial charge is 0.504 e. The number of benzene rings is 6. The van der Waals surface area contributed by atoms with Gasteiger partial charge >= 0.3 is 0 Å². The third kappa shape index (κ3) is 10.7. The van der Waals surface area contributed by atoms with Crippen molar-refractivity contribution in [3.8, 4) is 56.4 Å². The van der Waals surface area contributed by atoms with Crippen molar-refractivity contribution >= 4 is 45.4 Å². The molecule has 3 atom stereocenters. The Morgan fingerprint density at radius 1 is 0.526 bits per heavy atom. The fraction of sp³-hybridized carbons (Fsp3) is 0.233. The number of nitrogens with zero attached hydrogens (tertiary/aromatic N) is 2. The highest BCUT2D eigenvalue weighted by Gasteiger charge is 2.43. The van der Waals surface area contributed by atoms with Crippen molar-refractivity contribution in [2.24, 2.45) is 0 Å². The number of hydrogen-bond donors (Lipinski definition) is 4. The topological polar surface area (TPSA) is 193 Å². The molecule has 0 radical (unpaired) electrons. The first-order chi connectivity index (χ1) is 36.9. The number of thioether (sulfide) groups is 1. The van der Waals surface area contributed by atoms with Gasteiger partial charge in [-0.1, -0.05) is 90.6 Å². The quantitative estimate of drug-likeness (QED) is 0.0497. The second-order valence-electron chi connectivity index (χ2n) is 18.7. The molecule has 0 saturated carbocycles. The molecule has 16 heteroatoms. The van der Waals surface area contributed by atoms with Crippen LogP contribution in [0.2, 0.25) is 0 Å². The molecule has 10 rings (SSSR count). The van der Waals surface area contributed by atoms with Crippen LogP contribution in [-0.4, -0.2) is 83.2 Å². The minimum absolute atomic E-state index is 0.00119.